The van der Waals surface area contributed by atoms with Crippen molar-refractivity contribution in [1.82, 2.24) is 19.8 Å². The number of nitrogens with zero attached hydrogens (tertiary/aromatic N) is 4. The zero-order valence-electron chi connectivity index (χ0n) is 15.4. The average molecular weight is 347 g/mol. The summed E-state index contributed by atoms with van der Waals surface area (Å²) < 4.78 is 0. The van der Waals surface area contributed by atoms with Gasteiger partial charge in [0.2, 0.25) is 5.95 Å². The lowest BCUT2D eigenvalue weighted by Crippen LogP contribution is -2.53. The number of β-amino-alcohol motifs (C(OH)–C–C–N with tert-alkyl or cyclic N) is 1. The number of carbonyl (C=O) groups excluding carboxylic acids is 1. The Morgan fingerprint density at radius 3 is 2.64 bits per heavy atom. The second kappa shape index (κ2) is 6.88. The van der Waals surface area contributed by atoms with Crippen LogP contribution in [-0.2, 0) is 0 Å². The standard InChI is InChI=1S/C18H29N5O2/c1-12(2)14-8-15(21-17(19)20-14)16(25)23-6-4-18(5-7-23)9-13(24)10-22(3)11-18/h8,12-13,24H,4-7,9-11H2,1-3H3,(H2,19,20,21). The minimum atomic E-state index is -0.267. The van der Waals surface area contributed by atoms with Crippen LogP contribution in [0.25, 0.3) is 0 Å². The summed E-state index contributed by atoms with van der Waals surface area (Å²) in [7, 11) is 2.05. The highest BCUT2D eigenvalue weighted by Crippen LogP contribution is 2.39. The minimum absolute atomic E-state index is 0.0736. The summed E-state index contributed by atoms with van der Waals surface area (Å²) in [5.74, 6) is 0.274. The molecule has 0 aliphatic carbocycles. The number of likely N-dealkylation sites (N-methyl/N-ethyl adjacent to an activating group) is 1. The van der Waals surface area contributed by atoms with Gasteiger partial charge in [0, 0.05) is 31.9 Å². The molecule has 1 amide bonds. The first-order valence-corrected chi connectivity index (χ1v) is 9.08. The fourth-order valence-electron chi connectivity index (χ4n) is 4.22. The number of aromatic nitrogens is 2. The molecular weight excluding hydrogens is 318 g/mol. The average Bonchev–Trinajstić information content (AvgIpc) is 2.53. The van der Waals surface area contributed by atoms with Gasteiger partial charge >= 0.3 is 0 Å². The Labute approximate surface area is 149 Å². The van der Waals surface area contributed by atoms with E-state index in [9.17, 15) is 9.90 Å². The van der Waals surface area contributed by atoms with Gasteiger partial charge in [-0.25, -0.2) is 9.97 Å². The van der Waals surface area contributed by atoms with E-state index < -0.39 is 0 Å². The molecule has 0 bridgehead atoms. The number of hydrogen-bond donors (Lipinski definition) is 2. The molecule has 7 heteroatoms. The van der Waals surface area contributed by atoms with Gasteiger partial charge in [-0.05, 0) is 43.7 Å². The highest BCUT2D eigenvalue weighted by molar-refractivity contribution is 5.92. The number of likely N-dealkylation sites (tertiary alicyclic amines) is 2. The maximum atomic E-state index is 12.8. The van der Waals surface area contributed by atoms with Gasteiger partial charge in [-0.15, -0.1) is 0 Å². The molecule has 3 N–H and O–H groups in total. The van der Waals surface area contributed by atoms with E-state index in [0.29, 0.717) is 18.8 Å². The van der Waals surface area contributed by atoms with Gasteiger partial charge in [0.25, 0.3) is 5.91 Å². The lowest BCUT2D eigenvalue weighted by molar-refractivity contribution is -0.0287. The van der Waals surface area contributed by atoms with Gasteiger partial charge in [-0.2, -0.15) is 0 Å². The molecule has 25 heavy (non-hydrogen) atoms. The van der Waals surface area contributed by atoms with Crippen LogP contribution in [0.3, 0.4) is 0 Å². The topological polar surface area (TPSA) is 95.6 Å². The van der Waals surface area contributed by atoms with E-state index in [0.717, 1.165) is 38.0 Å². The monoisotopic (exact) mass is 347 g/mol. The molecule has 1 atom stereocenters. The number of hydrogen-bond acceptors (Lipinski definition) is 6. The quantitative estimate of drug-likeness (QED) is 0.832. The number of piperidine rings is 2. The van der Waals surface area contributed by atoms with Gasteiger partial charge in [0.15, 0.2) is 0 Å². The normalized spacial score (nSPS) is 24.0. The SMILES string of the molecule is CC(C)c1cc(C(=O)N2CCC3(CC2)CC(O)CN(C)C3)nc(N)n1. The third-order valence-corrected chi connectivity index (χ3v) is 5.48. The number of aliphatic hydroxyl groups excluding tert-OH is 1. The number of nitrogens with two attached hydrogens (primary N) is 1. The Bertz CT molecular complexity index is 628. The van der Waals surface area contributed by atoms with Gasteiger partial charge < -0.3 is 20.6 Å². The first kappa shape index (κ1) is 18.1. The van der Waals surface area contributed by atoms with Gasteiger partial charge in [-0.3, -0.25) is 4.79 Å². The molecule has 3 rings (SSSR count). The molecule has 2 aliphatic heterocycles. The van der Waals surface area contributed by atoms with Crippen LogP contribution in [0.4, 0.5) is 5.95 Å². The molecule has 3 heterocycles. The largest absolute Gasteiger partial charge is 0.392 e. The predicted molar refractivity (Wildman–Crippen MR) is 96.2 cm³/mol. The van der Waals surface area contributed by atoms with Gasteiger partial charge in [0.05, 0.1) is 6.10 Å². The number of carbonyl (C=O) groups is 1. The highest BCUT2D eigenvalue weighted by Gasteiger charge is 2.41. The van der Waals surface area contributed by atoms with Crippen LogP contribution in [0, 0.1) is 5.41 Å². The number of nitrogen functional groups attached to an aromatic ring is 1. The van der Waals surface area contributed by atoms with E-state index in [1.165, 1.54) is 0 Å². The molecular formula is C18H29N5O2. The Hall–Kier alpha value is -1.73. The molecule has 2 saturated heterocycles. The van der Waals surface area contributed by atoms with Crippen molar-refractivity contribution >= 4 is 11.9 Å². The smallest absolute Gasteiger partial charge is 0.272 e. The minimum Gasteiger partial charge on any atom is -0.392 e. The molecule has 2 fully saturated rings. The summed E-state index contributed by atoms with van der Waals surface area (Å²) in [6.07, 6.45) is 2.39. The summed E-state index contributed by atoms with van der Waals surface area (Å²) >= 11 is 0. The van der Waals surface area contributed by atoms with Crippen LogP contribution in [-0.4, -0.2) is 70.1 Å². The second-order valence-electron chi connectivity index (χ2n) is 8.04. The van der Waals surface area contributed by atoms with Gasteiger partial charge in [0.1, 0.15) is 5.69 Å². The molecule has 1 unspecified atom stereocenters. The Kier molecular flexibility index (Phi) is 4.97. The summed E-state index contributed by atoms with van der Waals surface area (Å²) in [6.45, 7) is 7.16. The van der Waals surface area contributed by atoms with Crippen molar-refractivity contribution in [2.24, 2.45) is 5.41 Å². The van der Waals surface area contributed by atoms with Crippen LogP contribution >= 0.6 is 0 Å². The summed E-state index contributed by atoms with van der Waals surface area (Å²) in [5, 5.41) is 10.1. The molecule has 0 saturated carbocycles. The fraction of sp³-hybridized carbons (Fsp3) is 0.722. The third kappa shape index (κ3) is 3.93. The second-order valence-corrected chi connectivity index (χ2v) is 8.04. The van der Waals surface area contributed by atoms with E-state index in [-0.39, 0.29) is 29.3 Å². The molecule has 2 aliphatic rings. The molecule has 1 aromatic rings. The first-order valence-electron chi connectivity index (χ1n) is 9.08. The highest BCUT2D eigenvalue weighted by atomic mass is 16.3. The molecule has 1 aromatic heterocycles. The third-order valence-electron chi connectivity index (χ3n) is 5.48. The van der Waals surface area contributed by atoms with Crippen LogP contribution in [0.5, 0.6) is 0 Å². The number of aliphatic hydroxyl groups is 1. The van der Waals surface area contributed by atoms with Crippen molar-refractivity contribution in [2.75, 3.05) is 39.0 Å². The van der Waals surface area contributed by atoms with Gasteiger partial charge in [-0.1, -0.05) is 13.8 Å². The maximum absolute atomic E-state index is 12.8. The van der Waals surface area contributed by atoms with Crippen molar-refractivity contribution in [2.45, 2.75) is 45.1 Å². The molecule has 138 valence electrons. The number of anilines is 1. The molecule has 7 nitrogen and oxygen atoms in total. The fourth-order valence-corrected chi connectivity index (χ4v) is 4.22. The van der Waals surface area contributed by atoms with Crippen molar-refractivity contribution in [3.8, 4) is 0 Å². The predicted octanol–water partition coefficient (Wildman–Crippen LogP) is 1.10. The summed E-state index contributed by atoms with van der Waals surface area (Å²) in [4.78, 5) is 25.3. The van der Waals surface area contributed by atoms with E-state index in [2.05, 4.69) is 21.9 Å². The van der Waals surface area contributed by atoms with E-state index in [4.69, 9.17) is 5.73 Å². The first-order chi connectivity index (χ1) is 11.8. The van der Waals surface area contributed by atoms with E-state index >= 15 is 0 Å². The van der Waals surface area contributed by atoms with E-state index in [1.54, 1.807) is 6.07 Å². The van der Waals surface area contributed by atoms with Crippen molar-refractivity contribution in [1.29, 1.82) is 0 Å². The van der Waals surface area contributed by atoms with Crippen molar-refractivity contribution in [3.63, 3.8) is 0 Å². The molecule has 1 spiro atoms. The number of amides is 1. The Morgan fingerprint density at radius 2 is 2.04 bits per heavy atom. The summed E-state index contributed by atoms with van der Waals surface area (Å²) in [5.41, 5.74) is 7.08. The van der Waals surface area contributed by atoms with Crippen molar-refractivity contribution < 1.29 is 9.90 Å². The molecule has 0 radical (unpaired) electrons. The van der Waals surface area contributed by atoms with Crippen LogP contribution in [0.1, 0.15) is 55.2 Å². The number of rotatable bonds is 2. The molecule has 0 aromatic carbocycles. The van der Waals surface area contributed by atoms with Crippen LogP contribution in [0.2, 0.25) is 0 Å². The Morgan fingerprint density at radius 1 is 1.36 bits per heavy atom. The Balaban J connectivity index is 1.70. The van der Waals surface area contributed by atoms with Crippen molar-refractivity contribution in [3.05, 3.63) is 17.5 Å². The zero-order valence-corrected chi connectivity index (χ0v) is 15.4. The summed E-state index contributed by atoms with van der Waals surface area (Å²) in [6, 6.07) is 1.76. The maximum Gasteiger partial charge on any atom is 0.272 e. The zero-order chi connectivity index (χ0) is 18.2. The lowest BCUT2D eigenvalue weighted by atomic mass is 9.71. The van der Waals surface area contributed by atoms with E-state index in [1.807, 2.05) is 18.7 Å². The lowest BCUT2D eigenvalue weighted by Gasteiger charge is -2.48. The van der Waals surface area contributed by atoms with Crippen LogP contribution < -0.4 is 5.73 Å². The van der Waals surface area contributed by atoms with Crippen LogP contribution in [0.15, 0.2) is 6.07 Å².